The highest BCUT2D eigenvalue weighted by atomic mass is 28.3. The Morgan fingerprint density at radius 3 is 1.71 bits per heavy atom. The Hall–Kier alpha value is -6.59. The van der Waals surface area contributed by atoms with E-state index in [1.807, 2.05) is 13.8 Å². The molecule has 0 unspecified atom stereocenters. The summed E-state index contributed by atoms with van der Waals surface area (Å²) < 4.78 is 11.2. The molecule has 2 aliphatic rings. The second kappa shape index (κ2) is 32.2. The smallest absolute Gasteiger partial charge is 0.329 e. The number of rotatable bonds is 14. The van der Waals surface area contributed by atoms with Crippen LogP contribution in [0.3, 0.4) is 0 Å². The Balaban J connectivity index is 2.31. The molecule has 2 aliphatic heterocycles. The molecule has 2 fully saturated rings. The fourth-order valence-electron chi connectivity index (χ4n) is 11.1. The third kappa shape index (κ3) is 19.2. The van der Waals surface area contributed by atoms with E-state index < -0.39 is 170 Å². The van der Waals surface area contributed by atoms with Crippen LogP contribution in [0.25, 0.3) is 0 Å². The van der Waals surface area contributed by atoms with E-state index in [4.69, 9.17) is 9.47 Å². The Labute approximate surface area is 506 Å². The third-order valence-electron chi connectivity index (χ3n) is 16.6. The zero-order chi connectivity index (χ0) is 64.7. The molecule has 1 aromatic rings. The molecule has 11 atom stereocenters. The molecule has 24 heteroatoms. The van der Waals surface area contributed by atoms with E-state index in [2.05, 4.69) is 40.9 Å². The number of ether oxygens (including phenoxy) is 2. The van der Waals surface area contributed by atoms with E-state index in [-0.39, 0.29) is 19.4 Å². The number of cyclic esters (lactones) is 1. The van der Waals surface area contributed by atoms with Gasteiger partial charge in [-0.05, 0) is 73.5 Å². The van der Waals surface area contributed by atoms with Crippen molar-refractivity contribution in [3.05, 3.63) is 29.8 Å². The lowest BCUT2D eigenvalue weighted by Gasteiger charge is -2.41. The van der Waals surface area contributed by atoms with E-state index in [0.29, 0.717) is 43.2 Å². The fraction of sp³-hybridized carbons (Fsp3) is 0.721. The molecular formula is C61H102N10O13Si. The summed E-state index contributed by atoms with van der Waals surface area (Å²) in [6.07, 6.45) is 0.379. The van der Waals surface area contributed by atoms with Crippen molar-refractivity contribution in [1.29, 1.82) is 0 Å². The van der Waals surface area contributed by atoms with Crippen LogP contribution >= 0.6 is 0 Å². The van der Waals surface area contributed by atoms with Crippen LogP contribution in [0.1, 0.15) is 120 Å². The lowest BCUT2D eigenvalue weighted by atomic mass is 9.92. The lowest BCUT2D eigenvalue weighted by Crippen LogP contribution is -2.63. The van der Waals surface area contributed by atoms with Gasteiger partial charge < -0.3 is 60.1 Å². The summed E-state index contributed by atoms with van der Waals surface area (Å²) in [5.74, 6) is -9.83. The standard InChI is InChI=1S/C61H102N10O13Si/c1-21-38(9)51-53(74)62-33-47(73)67(13)49(36(5)6)54(75)64-43(31-41-26-28-42(83-17)29-27-41)61(82)84-40(11)56(77)71-30-24-23-25-44(71)57(78)68(14)50(37(7)8)55(76)65-48(35(3)4)59(80)66(12)45(32-46(72)63-34-85(18,19)20)58(79)70(16)52(39(10)22-2)60(81)69(51)15/h26-29,35-40,43-45,48-52H,21-25,30-34H2,1-20H3,(H,62,74)(H,63,72)(H,64,75)(H,65,76)/t38-,39+,40+,43+,44+,45-,48+,49+,50+,51+,52+/m1/s1. The maximum absolute atomic E-state index is 15.3. The summed E-state index contributed by atoms with van der Waals surface area (Å²) in [5.41, 5.74) is 0.589. The summed E-state index contributed by atoms with van der Waals surface area (Å²) in [4.78, 5) is 168. The molecule has 0 bridgehead atoms. The number of nitrogens with zero attached hydrogens (tertiary/aromatic N) is 6. The molecule has 0 aliphatic carbocycles. The topological polar surface area (TPSA) is 274 Å². The summed E-state index contributed by atoms with van der Waals surface area (Å²) in [7, 11) is 6.69. The number of likely N-dealkylation sites (N-methyl/N-ethyl adjacent to an activating group) is 5. The maximum Gasteiger partial charge on any atom is 0.329 e. The van der Waals surface area contributed by atoms with Crippen molar-refractivity contribution in [2.75, 3.05) is 61.6 Å². The van der Waals surface area contributed by atoms with Crippen LogP contribution in [0.15, 0.2) is 24.3 Å². The van der Waals surface area contributed by atoms with Crippen molar-refractivity contribution >= 4 is 73.1 Å². The van der Waals surface area contributed by atoms with Gasteiger partial charge in [-0.25, -0.2) is 4.79 Å². The zero-order valence-electron chi connectivity index (χ0n) is 54.5. The highest BCUT2D eigenvalue weighted by molar-refractivity contribution is 6.76. The first kappa shape index (κ1) is 72.7. The molecule has 3 rings (SSSR count). The first-order valence-electron chi connectivity index (χ1n) is 30.2. The molecule has 10 amide bonds. The number of hydrogen-bond acceptors (Lipinski definition) is 13. The van der Waals surface area contributed by atoms with Crippen molar-refractivity contribution in [3.8, 4) is 5.75 Å². The average molecular weight is 1210 g/mol. The number of carbonyl (C=O) groups excluding carboxylic acids is 11. The number of methoxy groups -OCH3 is 1. The van der Waals surface area contributed by atoms with Crippen molar-refractivity contribution in [2.45, 2.75) is 195 Å². The third-order valence-corrected chi connectivity index (χ3v) is 17.9. The summed E-state index contributed by atoms with van der Waals surface area (Å²) in [5, 5.41) is 11.3. The van der Waals surface area contributed by atoms with E-state index in [0.717, 1.165) is 4.90 Å². The predicted molar refractivity (Wildman–Crippen MR) is 326 cm³/mol. The van der Waals surface area contributed by atoms with Crippen molar-refractivity contribution in [1.82, 2.24) is 50.7 Å². The Bertz CT molecular complexity index is 2520. The average Bonchev–Trinajstić information content (AvgIpc) is 2.75. The summed E-state index contributed by atoms with van der Waals surface area (Å²) >= 11 is 0. The quantitative estimate of drug-likeness (QED) is 0.154. The number of amides is 10. The van der Waals surface area contributed by atoms with Gasteiger partial charge in [0.05, 0.1) is 28.1 Å². The van der Waals surface area contributed by atoms with Crippen LogP contribution in [0.2, 0.25) is 19.6 Å². The van der Waals surface area contributed by atoms with Gasteiger partial charge in [-0.1, -0.05) is 114 Å². The number of carbonyl (C=O) groups is 11. The van der Waals surface area contributed by atoms with Gasteiger partial charge in [-0.2, -0.15) is 0 Å². The molecule has 2 saturated heterocycles. The first-order chi connectivity index (χ1) is 39.6. The van der Waals surface area contributed by atoms with Gasteiger partial charge in [-0.15, -0.1) is 0 Å². The number of esters is 1. The monoisotopic (exact) mass is 1210 g/mol. The van der Waals surface area contributed by atoms with Crippen LogP contribution in [-0.2, 0) is 63.9 Å². The van der Waals surface area contributed by atoms with Crippen molar-refractivity contribution in [2.24, 2.45) is 29.6 Å². The second-order valence-electron chi connectivity index (χ2n) is 25.6. The van der Waals surface area contributed by atoms with Gasteiger partial charge in [0.2, 0.25) is 53.2 Å². The summed E-state index contributed by atoms with van der Waals surface area (Å²) in [6.45, 7) is 24.6. The zero-order valence-corrected chi connectivity index (χ0v) is 55.5. The fourth-order valence-corrected chi connectivity index (χ4v) is 11.8. The van der Waals surface area contributed by atoms with Gasteiger partial charge in [-0.3, -0.25) is 47.9 Å². The maximum atomic E-state index is 15.3. The lowest BCUT2D eigenvalue weighted by molar-refractivity contribution is -0.165. The van der Waals surface area contributed by atoms with Crippen LogP contribution in [0, 0.1) is 29.6 Å². The van der Waals surface area contributed by atoms with Gasteiger partial charge in [0.15, 0.2) is 6.10 Å². The highest BCUT2D eigenvalue weighted by Crippen LogP contribution is 2.27. The number of nitrogens with one attached hydrogen (secondary N) is 4. The van der Waals surface area contributed by atoms with E-state index in [1.165, 1.54) is 73.8 Å². The van der Waals surface area contributed by atoms with Crippen LogP contribution < -0.4 is 26.0 Å². The van der Waals surface area contributed by atoms with E-state index >= 15 is 14.4 Å². The van der Waals surface area contributed by atoms with Crippen LogP contribution in [0.5, 0.6) is 5.75 Å². The number of fused-ring (bicyclic) bond motifs is 1. The van der Waals surface area contributed by atoms with Gasteiger partial charge in [0.1, 0.15) is 54.1 Å². The Kier molecular flexibility index (Phi) is 27.6. The van der Waals surface area contributed by atoms with Crippen molar-refractivity contribution in [3.63, 3.8) is 0 Å². The molecule has 1 aromatic carbocycles. The normalized spacial score (nSPS) is 26.0. The summed E-state index contributed by atoms with van der Waals surface area (Å²) in [6, 6.07) is -3.34. The highest BCUT2D eigenvalue weighted by Gasteiger charge is 2.46. The molecule has 478 valence electrons. The van der Waals surface area contributed by atoms with Crippen molar-refractivity contribution < 1.29 is 62.2 Å². The number of piperidine rings is 1. The molecule has 85 heavy (non-hydrogen) atoms. The van der Waals surface area contributed by atoms with Gasteiger partial charge >= 0.3 is 5.97 Å². The molecule has 0 radical (unpaired) electrons. The molecule has 23 nitrogen and oxygen atoms in total. The van der Waals surface area contributed by atoms with Gasteiger partial charge in [0.25, 0.3) is 5.91 Å². The molecule has 0 spiro atoms. The van der Waals surface area contributed by atoms with Crippen LogP contribution in [0.4, 0.5) is 0 Å². The van der Waals surface area contributed by atoms with E-state index in [1.54, 1.807) is 79.7 Å². The number of hydrogen-bond donors (Lipinski definition) is 4. The molecule has 4 N–H and O–H groups in total. The minimum absolute atomic E-state index is 0.108. The molecule has 0 aromatic heterocycles. The molecule has 2 heterocycles. The van der Waals surface area contributed by atoms with E-state index in [9.17, 15) is 38.4 Å². The second-order valence-corrected chi connectivity index (χ2v) is 31.1. The van der Waals surface area contributed by atoms with Crippen LogP contribution in [-0.4, -0.2) is 219 Å². The minimum atomic E-state index is -1.88. The molecular weight excluding hydrogens is 1110 g/mol. The predicted octanol–water partition coefficient (Wildman–Crippen LogP) is 3.23. The van der Waals surface area contributed by atoms with Gasteiger partial charge in [0, 0.05) is 54.4 Å². The Morgan fingerprint density at radius 1 is 0.647 bits per heavy atom. The minimum Gasteiger partial charge on any atom is -0.497 e. The first-order valence-corrected chi connectivity index (χ1v) is 33.9. The largest absolute Gasteiger partial charge is 0.497 e. The Morgan fingerprint density at radius 2 is 1.18 bits per heavy atom. The molecule has 0 saturated carbocycles. The SMILES string of the molecule is CC[C@@H](C)[C@H]1C(=O)NCC(=O)N(C)[C@@H](C(C)C)C(=O)N[C@@H](Cc2ccc(OC)cc2)C(=O)O[C@@H](C)C(=O)N2CCCC[C@H]2C(=O)N(C)[C@@H](C(C)C)C(=O)N[C@@H](C(C)C)C(=O)N(C)[C@H](CC(=O)NC[Si](C)(C)C)C(=O)N(C)[C@@H]([C@@H](C)CC)C(=O)N1C. The number of benzene rings is 1.